The van der Waals surface area contributed by atoms with Gasteiger partial charge in [0.15, 0.2) is 0 Å². The number of amides is 1. The number of hydrogen-bond donors (Lipinski definition) is 1. The number of carbonyl (C=O) groups excluding carboxylic acids is 1. The Hall–Kier alpha value is -1.35. The van der Waals surface area contributed by atoms with Gasteiger partial charge in [0.05, 0.1) is 6.10 Å². The van der Waals surface area contributed by atoms with Gasteiger partial charge in [0.1, 0.15) is 0 Å². The molecule has 80 valence electrons. The molecule has 0 radical (unpaired) electrons. The van der Waals surface area contributed by atoms with E-state index in [2.05, 4.69) is 0 Å². The summed E-state index contributed by atoms with van der Waals surface area (Å²) >= 11 is 0. The average molecular weight is 205 g/mol. The second-order valence-corrected chi connectivity index (χ2v) is 4.05. The number of aliphatic hydroxyl groups excluding tert-OH is 1. The Balaban J connectivity index is 2.51. The molecule has 2 atom stereocenters. The van der Waals surface area contributed by atoms with Gasteiger partial charge < -0.3 is 10.0 Å². The normalized spacial score (nSPS) is 24.9. The van der Waals surface area contributed by atoms with Crippen LogP contribution in [-0.2, 0) is 4.79 Å². The van der Waals surface area contributed by atoms with Crippen LogP contribution in [0.5, 0.6) is 0 Å². The number of para-hydroxylation sites is 1. The third-order valence-corrected chi connectivity index (χ3v) is 2.90. The van der Waals surface area contributed by atoms with Crippen LogP contribution in [0, 0.1) is 0 Å². The van der Waals surface area contributed by atoms with Crippen LogP contribution in [0.1, 0.15) is 31.9 Å². The zero-order valence-electron chi connectivity index (χ0n) is 8.97. The van der Waals surface area contributed by atoms with E-state index in [-0.39, 0.29) is 11.9 Å². The van der Waals surface area contributed by atoms with Crippen LogP contribution in [-0.4, -0.2) is 17.1 Å². The third kappa shape index (κ3) is 1.63. The first kappa shape index (κ1) is 10.2. The summed E-state index contributed by atoms with van der Waals surface area (Å²) in [6, 6.07) is 7.60. The van der Waals surface area contributed by atoms with Gasteiger partial charge in [-0.25, -0.2) is 0 Å². The van der Waals surface area contributed by atoms with Crippen molar-refractivity contribution in [2.45, 2.75) is 32.4 Å². The van der Waals surface area contributed by atoms with E-state index in [1.165, 1.54) is 0 Å². The number of benzene rings is 1. The molecule has 15 heavy (non-hydrogen) atoms. The zero-order chi connectivity index (χ0) is 11.0. The summed E-state index contributed by atoms with van der Waals surface area (Å²) in [5.41, 5.74) is 1.70. The molecule has 2 rings (SSSR count). The van der Waals surface area contributed by atoms with E-state index in [4.69, 9.17) is 0 Å². The second kappa shape index (κ2) is 3.66. The lowest BCUT2D eigenvalue weighted by molar-refractivity contribution is -0.117. The molecule has 3 heteroatoms. The minimum absolute atomic E-state index is 0.0295. The Bertz CT molecular complexity index is 389. The van der Waals surface area contributed by atoms with E-state index < -0.39 is 6.10 Å². The van der Waals surface area contributed by atoms with Crippen LogP contribution in [0.15, 0.2) is 24.3 Å². The van der Waals surface area contributed by atoms with Crippen molar-refractivity contribution >= 4 is 11.6 Å². The number of anilines is 1. The molecule has 1 aliphatic rings. The van der Waals surface area contributed by atoms with Crippen LogP contribution in [0.3, 0.4) is 0 Å². The van der Waals surface area contributed by atoms with Crippen LogP contribution >= 0.6 is 0 Å². The minimum atomic E-state index is -0.452. The van der Waals surface area contributed by atoms with Crippen molar-refractivity contribution in [3.05, 3.63) is 29.8 Å². The number of nitrogens with zero attached hydrogens (tertiary/aromatic N) is 1. The highest BCUT2D eigenvalue weighted by atomic mass is 16.3. The van der Waals surface area contributed by atoms with E-state index in [0.29, 0.717) is 6.42 Å². The molecule has 0 unspecified atom stereocenters. The molecule has 3 nitrogen and oxygen atoms in total. The fourth-order valence-corrected chi connectivity index (χ4v) is 2.26. The average Bonchev–Trinajstić information content (AvgIpc) is 2.17. The first-order chi connectivity index (χ1) is 7.11. The first-order valence-electron chi connectivity index (χ1n) is 5.18. The molecule has 1 aromatic carbocycles. The van der Waals surface area contributed by atoms with E-state index in [9.17, 15) is 9.90 Å². The summed E-state index contributed by atoms with van der Waals surface area (Å²) in [5.74, 6) is 0.0295. The molecule has 0 saturated heterocycles. The fourth-order valence-electron chi connectivity index (χ4n) is 2.26. The maximum atomic E-state index is 11.5. The molecule has 1 aromatic rings. The van der Waals surface area contributed by atoms with Gasteiger partial charge in [-0.1, -0.05) is 18.2 Å². The van der Waals surface area contributed by atoms with Crippen LogP contribution < -0.4 is 4.90 Å². The standard InChI is InChI=1S/C12H15NO2/c1-8-7-12(15)10-5-3-4-6-11(10)13(8)9(2)14/h3-6,8,12,15H,7H2,1-2H3/t8-,12-/m1/s1. The Morgan fingerprint density at radius 1 is 1.47 bits per heavy atom. The van der Waals surface area contributed by atoms with Gasteiger partial charge in [-0.2, -0.15) is 0 Å². The molecule has 0 bridgehead atoms. The molecule has 1 aliphatic heterocycles. The van der Waals surface area contributed by atoms with Crippen molar-refractivity contribution in [3.63, 3.8) is 0 Å². The largest absolute Gasteiger partial charge is 0.388 e. The Morgan fingerprint density at radius 3 is 2.80 bits per heavy atom. The van der Waals surface area contributed by atoms with Gasteiger partial charge >= 0.3 is 0 Å². The summed E-state index contributed by atoms with van der Waals surface area (Å²) in [6.07, 6.45) is 0.156. The van der Waals surface area contributed by atoms with E-state index in [1.54, 1.807) is 11.8 Å². The van der Waals surface area contributed by atoms with Crippen LogP contribution in [0.25, 0.3) is 0 Å². The van der Waals surface area contributed by atoms with Crippen molar-refractivity contribution in [1.82, 2.24) is 0 Å². The molecular formula is C12H15NO2. The predicted molar refractivity (Wildman–Crippen MR) is 58.6 cm³/mol. The molecule has 1 amide bonds. The summed E-state index contributed by atoms with van der Waals surface area (Å²) in [7, 11) is 0. The summed E-state index contributed by atoms with van der Waals surface area (Å²) in [4.78, 5) is 13.3. The van der Waals surface area contributed by atoms with Crippen molar-refractivity contribution < 1.29 is 9.90 Å². The molecule has 0 fully saturated rings. The Morgan fingerprint density at radius 2 is 2.13 bits per heavy atom. The number of carbonyl (C=O) groups is 1. The molecule has 1 heterocycles. The smallest absolute Gasteiger partial charge is 0.224 e. The number of hydrogen-bond acceptors (Lipinski definition) is 2. The third-order valence-electron chi connectivity index (χ3n) is 2.90. The monoisotopic (exact) mass is 205 g/mol. The lowest BCUT2D eigenvalue weighted by Gasteiger charge is -2.36. The van der Waals surface area contributed by atoms with E-state index in [0.717, 1.165) is 11.3 Å². The van der Waals surface area contributed by atoms with Gasteiger partial charge in [-0.05, 0) is 19.4 Å². The predicted octanol–water partition coefficient (Wildman–Crippen LogP) is 1.87. The lowest BCUT2D eigenvalue weighted by atomic mass is 9.94. The maximum absolute atomic E-state index is 11.5. The molecule has 0 saturated carbocycles. The highest BCUT2D eigenvalue weighted by Gasteiger charge is 2.30. The van der Waals surface area contributed by atoms with E-state index >= 15 is 0 Å². The molecule has 0 spiro atoms. The quantitative estimate of drug-likeness (QED) is 0.702. The van der Waals surface area contributed by atoms with Gasteiger partial charge in [0.2, 0.25) is 5.91 Å². The topological polar surface area (TPSA) is 40.5 Å². The Kier molecular flexibility index (Phi) is 2.49. The fraction of sp³-hybridized carbons (Fsp3) is 0.417. The van der Waals surface area contributed by atoms with Gasteiger partial charge in [-0.15, -0.1) is 0 Å². The molecule has 0 aromatic heterocycles. The van der Waals surface area contributed by atoms with Gasteiger partial charge in [0, 0.05) is 24.2 Å². The summed E-state index contributed by atoms with van der Waals surface area (Å²) in [6.45, 7) is 3.52. The maximum Gasteiger partial charge on any atom is 0.224 e. The van der Waals surface area contributed by atoms with Crippen molar-refractivity contribution in [1.29, 1.82) is 0 Å². The van der Waals surface area contributed by atoms with Crippen LogP contribution in [0.2, 0.25) is 0 Å². The van der Waals surface area contributed by atoms with Gasteiger partial charge in [0.25, 0.3) is 0 Å². The summed E-state index contributed by atoms with van der Waals surface area (Å²) < 4.78 is 0. The number of aliphatic hydroxyl groups is 1. The van der Waals surface area contributed by atoms with Crippen molar-refractivity contribution in [2.75, 3.05) is 4.90 Å². The highest BCUT2D eigenvalue weighted by molar-refractivity contribution is 5.93. The second-order valence-electron chi connectivity index (χ2n) is 4.05. The number of fused-ring (bicyclic) bond motifs is 1. The molecule has 0 aliphatic carbocycles. The van der Waals surface area contributed by atoms with E-state index in [1.807, 2.05) is 31.2 Å². The Labute approximate surface area is 89.3 Å². The highest BCUT2D eigenvalue weighted by Crippen LogP contribution is 2.36. The SMILES string of the molecule is CC(=O)N1c2ccccc2[C@H](O)C[C@H]1C. The van der Waals surface area contributed by atoms with Crippen LogP contribution in [0.4, 0.5) is 5.69 Å². The zero-order valence-corrected chi connectivity index (χ0v) is 8.97. The van der Waals surface area contributed by atoms with Crippen molar-refractivity contribution in [2.24, 2.45) is 0 Å². The summed E-state index contributed by atoms with van der Waals surface area (Å²) in [5, 5.41) is 9.89. The molecular weight excluding hydrogens is 190 g/mol. The first-order valence-corrected chi connectivity index (χ1v) is 5.18. The minimum Gasteiger partial charge on any atom is -0.388 e. The lowest BCUT2D eigenvalue weighted by Crippen LogP contribution is -2.41. The van der Waals surface area contributed by atoms with Gasteiger partial charge in [-0.3, -0.25) is 4.79 Å². The van der Waals surface area contributed by atoms with Crippen molar-refractivity contribution in [3.8, 4) is 0 Å². The number of rotatable bonds is 0. The molecule has 1 N–H and O–H groups in total.